The Morgan fingerprint density at radius 3 is 2.78 bits per heavy atom. The number of hydrogen-bond donors (Lipinski definition) is 1. The first-order chi connectivity index (χ1) is 10.8. The van der Waals surface area contributed by atoms with Gasteiger partial charge in [0.2, 0.25) is 15.9 Å². The Morgan fingerprint density at radius 2 is 2.13 bits per heavy atom. The van der Waals surface area contributed by atoms with Gasteiger partial charge in [0.1, 0.15) is 11.8 Å². The molecule has 0 radical (unpaired) electrons. The van der Waals surface area contributed by atoms with E-state index in [4.69, 9.17) is 4.74 Å². The molecule has 0 aliphatic carbocycles. The second-order valence-corrected chi connectivity index (χ2v) is 7.29. The molecule has 0 aromatic carbocycles. The van der Waals surface area contributed by atoms with E-state index in [2.05, 4.69) is 14.7 Å². The van der Waals surface area contributed by atoms with E-state index in [0.29, 0.717) is 31.2 Å². The second-order valence-electron chi connectivity index (χ2n) is 5.45. The van der Waals surface area contributed by atoms with Crippen molar-refractivity contribution >= 4 is 21.7 Å². The van der Waals surface area contributed by atoms with Crippen LogP contribution in [0.15, 0.2) is 12.4 Å². The van der Waals surface area contributed by atoms with Crippen molar-refractivity contribution in [2.75, 3.05) is 51.5 Å². The van der Waals surface area contributed by atoms with E-state index in [0.717, 1.165) is 6.26 Å². The van der Waals surface area contributed by atoms with Crippen LogP contribution in [0.3, 0.4) is 0 Å². The highest BCUT2D eigenvalue weighted by atomic mass is 32.2. The summed E-state index contributed by atoms with van der Waals surface area (Å²) in [5, 5.41) is 0. The molecule has 1 fully saturated rings. The van der Waals surface area contributed by atoms with Crippen LogP contribution >= 0.6 is 0 Å². The summed E-state index contributed by atoms with van der Waals surface area (Å²) in [4.78, 5) is 24.1. The molecular formula is C13H21N5O4S. The van der Waals surface area contributed by atoms with Gasteiger partial charge in [-0.25, -0.2) is 18.1 Å². The number of carbonyl (C=O) groups is 1. The van der Waals surface area contributed by atoms with Crippen LogP contribution in [-0.2, 0) is 19.6 Å². The summed E-state index contributed by atoms with van der Waals surface area (Å²) >= 11 is 0. The minimum absolute atomic E-state index is 0.257. The first-order valence-electron chi connectivity index (χ1n) is 7.10. The van der Waals surface area contributed by atoms with Crippen molar-refractivity contribution in [3.8, 4) is 0 Å². The highest BCUT2D eigenvalue weighted by molar-refractivity contribution is 7.88. The predicted molar refractivity (Wildman–Crippen MR) is 84.5 cm³/mol. The van der Waals surface area contributed by atoms with Gasteiger partial charge in [0.15, 0.2) is 5.82 Å². The molecule has 1 aliphatic heterocycles. The fourth-order valence-corrected chi connectivity index (χ4v) is 2.64. The van der Waals surface area contributed by atoms with Gasteiger partial charge in [-0.2, -0.15) is 0 Å². The van der Waals surface area contributed by atoms with Crippen LogP contribution in [0, 0.1) is 0 Å². The normalized spacial score (nSPS) is 18.7. The summed E-state index contributed by atoms with van der Waals surface area (Å²) in [5.74, 6) is 0.389. The van der Waals surface area contributed by atoms with Gasteiger partial charge >= 0.3 is 0 Å². The highest BCUT2D eigenvalue weighted by Crippen LogP contribution is 2.26. The van der Waals surface area contributed by atoms with Crippen molar-refractivity contribution in [3.63, 3.8) is 0 Å². The minimum Gasteiger partial charge on any atom is -0.368 e. The molecule has 10 heteroatoms. The number of carbonyl (C=O) groups excluding carboxylic acids is 1. The zero-order chi connectivity index (χ0) is 17.0. The van der Waals surface area contributed by atoms with Gasteiger partial charge in [-0.3, -0.25) is 9.78 Å². The number of morpholine rings is 1. The predicted octanol–water partition coefficient (Wildman–Crippen LogP) is -1.01. The lowest BCUT2D eigenvalue weighted by Crippen LogP contribution is -2.46. The van der Waals surface area contributed by atoms with E-state index in [1.165, 1.54) is 0 Å². The van der Waals surface area contributed by atoms with E-state index in [9.17, 15) is 13.2 Å². The smallest absolute Gasteiger partial charge is 0.237 e. The maximum absolute atomic E-state index is 12.1. The third kappa shape index (κ3) is 4.85. The lowest BCUT2D eigenvalue weighted by atomic mass is 10.2. The molecule has 1 atom stereocenters. The van der Waals surface area contributed by atoms with Crippen LogP contribution in [0.4, 0.5) is 5.82 Å². The number of ether oxygens (including phenoxy) is 1. The number of nitrogens with zero attached hydrogens (tertiary/aromatic N) is 4. The molecule has 0 spiro atoms. The highest BCUT2D eigenvalue weighted by Gasteiger charge is 2.29. The van der Waals surface area contributed by atoms with E-state index in [-0.39, 0.29) is 12.5 Å². The maximum Gasteiger partial charge on any atom is 0.237 e. The van der Waals surface area contributed by atoms with Gasteiger partial charge in [-0.05, 0) is 0 Å². The summed E-state index contributed by atoms with van der Waals surface area (Å²) in [5.41, 5.74) is 0.658. The molecule has 1 unspecified atom stereocenters. The van der Waals surface area contributed by atoms with E-state index in [1.807, 2.05) is 19.0 Å². The monoisotopic (exact) mass is 343 g/mol. The van der Waals surface area contributed by atoms with Crippen LogP contribution in [0.5, 0.6) is 0 Å². The third-order valence-electron chi connectivity index (χ3n) is 3.34. The Bertz CT molecular complexity index is 664. The largest absolute Gasteiger partial charge is 0.368 e. The third-order valence-corrected chi connectivity index (χ3v) is 4.01. The van der Waals surface area contributed by atoms with Crippen LogP contribution in [0.1, 0.15) is 11.8 Å². The molecule has 23 heavy (non-hydrogen) atoms. The Morgan fingerprint density at radius 1 is 1.43 bits per heavy atom. The Kier molecular flexibility index (Phi) is 5.50. The lowest BCUT2D eigenvalue weighted by Gasteiger charge is -2.33. The zero-order valence-corrected chi connectivity index (χ0v) is 14.2. The molecule has 1 aromatic rings. The molecule has 1 saturated heterocycles. The summed E-state index contributed by atoms with van der Waals surface area (Å²) in [6, 6.07) is 0. The Labute approximate surface area is 135 Å². The summed E-state index contributed by atoms with van der Waals surface area (Å²) in [7, 11) is 0.314. The molecule has 1 aliphatic rings. The van der Waals surface area contributed by atoms with Gasteiger partial charge in [0.25, 0.3) is 0 Å². The number of amides is 1. The number of rotatable bonds is 5. The molecule has 128 valence electrons. The zero-order valence-electron chi connectivity index (χ0n) is 13.4. The summed E-state index contributed by atoms with van der Waals surface area (Å²) in [6.45, 7) is 0.827. The van der Waals surface area contributed by atoms with Gasteiger partial charge in [0, 0.05) is 33.0 Å². The average Bonchev–Trinajstić information content (AvgIpc) is 2.52. The summed E-state index contributed by atoms with van der Waals surface area (Å²) in [6.07, 6.45) is 3.81. The van der Waals surface area contributed by atoms with Gasteiger partial charge in [-0.15, -0.1) is 0 Å². The minimum atomic E-state index is -3.40. The molecular weight excluding hydrogens is 322 g/mol. The molecule has 2 rings (SSSR count). The van der Waals surface area contributed by atoms with E-state index >= 15 is 0 Å². The SMILES string of the molecule is CN(C)c1nccnc1C1CN(C(=O)CNS(C)(=O)=O)CCO1. The number of nitrogens with one attached hydrogen (secondary N) is 1. The van der Waals surface area contributed by atoms with Crippen molar-refractivity contribution in [2.24, 2.45) is 0 Å². The van der Waals surface area contributed by atoms with Crippen molar-refractivity contribution in [3.05, 3.63) is 18.1 Å². The fourth-order valence-electron chi connectivity index (χ4n) is 2.26. The van der Waals surface area contributed by atoms with Gasteiger partial charge in [-0.1, -0.05) is 0 Å². The number of anilines is 1. The molecule has 0 saturated carbocycles. The average molecular weight is 343 g/mol. The number of hydrogen-bond acceptors (Lipinski definition) is 7. The van der Waals surface area contributed by atoms with Crippen molar-refractivity contribution in [1.29, 1.82) is 0 Å². The number of sulfonamides is 1. The Hall–Kier alpha value is -1.78. The molecule has 1 aromatic heterocycles. The quantitative estimate of drug-likeness (QED) is 0.730. The molecule has 1 amide bonds. The maximum atomic E-state index is 12.1. The standard InChI is InChI=1S/C13H21N5O4S/c1-17(2)13-12(14-4-5-15-13)10-9-18(6-7-22-10)11(19)8-16-23(3,20)21/h4-5,10,16H,6-9H2,1-3H3. The first kappa shape index (κ1) is 17.6. The number of aromatic nitrogens is 2. The fraction of sp³-hybridized carbons (Fsp3) is 0.615. The molecule has 2 heterocycles. The van der Waals surface area contributed by atoms with Crippen molar-refractivity contribution < 1.29 is 17.9 Å². The first-order valence-corrected chi connectivity index (χ1v) is 8.99. The summed E-state index contributed by atoms with van der Waals surface area (Å²) < 4.78 is 30.1. The van der Waals surface area contributed by atoms with Crippen molar-refractivity contribution in [1.82, 2.24) is 19.6 Å². The lowest BCUT2D eigenvalue weighted by molar-refractivity contribution is -0.137. The topological polar surface area (TPSA) is 105 Å². The molecule has 1 N–H and O–H groups in total. The van der Waals surface area contributed by atoms with Gasteiger partial charge < -0.3 is 14.5 Å². The van der Waals surface area contributed by atoms with Crippen LogP contribution in [0.2, 0.25) is 0 Å². The Balaban J connectivity index is 2.08. The second kappa shape index (κ2) is 7.20. The molecule has 0 bridgehead atoms. The van der Waals surface area contributed by atoms with Gasteiger partial charge in [0.05, 0.1) is 26.0 Å². The van der Waals surface area contributed by atoms with Crippen LogP contribution < -0.4 is 9.62 Å². The van der Waals surface area contributed by atoms with E-state index < -0.39 is 16.1 Å². The van der Waals surface area contributed by atoms with Crippen LogP contribution in [0.25, 0.3) is 0 Å². The van der Waals surface area contributed by atoms with Crippen LogP contribution in [-0.4, -0.2) is 75.8 Å². The molecule has 9 nitrogen and oxygen atoms in total. The van der Waals surface area contributed by atoms with E-state index in [1.54, 1.807) is 17.3 Å². The van der Waals surface area contributed by atoms with Crippen molar-refractivity contribution in [2.45, 2.75) is 6.10 Å².